The van der Waals surface area contributed by atoms with Crippen molar-refractivity contribution in [1.82, 2.24) is 0 Å². The zero-order valence-electron chi connectivity index (χ0n) is 15.4. The average Bonchev–Trinajstić information content (AvgIpc) is 2.71. The van der Waals surface area contributed by atoms with Crippen LogP contribution in [0.15, 0.2) is 60.7 Å². The Morgan fingerprint density at radius 3 is 2.30 bits per heavy atom. The summed E-state index contributed by atoms with van der Waals surface area (Å²) in [5.41, 5.74) is 3.30. The molecule has 3 aromatic carbocycles. The van der Waals surface area contributed by atoms with E-state index in [0.29, 0.717) is 17.2 Å². The summed E-state index contributed by atoms with van der Waals surface area (Å²) in [6.07, 6.45) is 1.82. The summed E-state index contributed by atoms with van der Waals surface area (Å²) in [5.74, 6) is -0.207. The van der Waals surface area contributed by atoms with Crippen molar-refractivity contribution in [1.29, 1.82) is 5.26 Å². The van der Waals surface area contributed by atoms with Crippen LogP contribution in [0.25, 0.3) is 11.6 Å². The van der Waals surface area contributed by atoms with Crippen LogP contribution in [0.3, 0.4) is 0 Å². The van der Waals surface area contributed by atoms with E-state index in [-0.39, 0.29) is 5.56 Å². The molecule has 0 aromatic heterocycles. The number of carbonyl (C=O) groups is 1. The van der Waals surface area contributed by atoms with Gasteiger partial charge in [0.1, 0.15) is 12.4 Å². The van der Waals surface area contributed by atoms with E-state index < -0.39 is 5.97 Å². The minimum Gasteiger partial charge on any atom is -0.487 e. The highest BCUT2D eigenvalue weighted by Gasteiger charge is 2.11. The summed E-state index contributed by atoms with van der Waals surface area (Å²) in [6.45, 7) is 0.326. The van der Waals surface area contributed by atoms with Crippen molar-refractivity contribution in [3.05, 3.63) is 95.1 Å². The van der Waals surface area contributed by atoms with E-state index in [9.17, 15) is 10.1 Å². The quantitative estimate of drug-likeness (QED) is 0.181. The van der Waals surface area contributed by atoms with Gasteiger partial charge in [0.2, 0.25) is 0 Å². The van der Waals surface area contributed by atoms with Gasteiger partial charge in [0.15, 0.2) is 0 Å². The predicted molar refractivity (Wildman–Crippen MR) is 135 cm³/mol. The van der Waals surface area contributed by atoms with E-state index in [0.717, 1.165) is 29.6 Å². The second kappa shape index (κ2) is 10.3. The molecule has 7 heteroatoms. The normalized spacial score (nSPS) is 11.1. The Hall–Kier alpha value is -2.09. The molecule has 3 aromatic rings. The molecule has 0 bridgehead atoms. The highest BCUT2D eigenvalue weighted by Crippen LogP contribution is 2.31. The molecule has 0 amide bonds. The average molecular weight is 642 g/mol. The van der Waals surface area contributed by atoms with Gasteiger partial charge < -0.3 is 9.84 Å². The fourth-order valence-electron chi connectivity index (χ4n) is 2.70. The van der Waals surface area contributed by atoms with Crippen LogP contribution in [-0.4, -0.2) is 11.1 Å². The van der Waals surface area contributed by atoms with Crippen molar-refractivity contribution >= 4 is 74.4 Å². The van der Waals surface area contributed by atoms with Crippen molar-refractivity contribution in [2.24, 2.45) is 0 Å². The third kappa shape index (κ3) is 5.74. The lowest BCUT2D eigenvalue weighted by atomic mass is 10.0. The smallest absolute Gasteiger partial charge is 0.335 e. The molecule has 0 saturated heterocycles. The van der Waals surface area contributed by atoms with Gasteiger partial charge in [-0.2, -0.15) is 5.26 Å². The molecule has 0 aliphatic carbocycles. The topological polar surface area (TPSA) is 70.3 Å². The fourth-order valence-corrected chi connectivity index (χ4v) is 5.02. The monoisotopic (exact) mass is 641 g/mol. The molecule has 0 atom stereocenters. The number of benzene rings is 3. The third-order valence-corrected chi connectivity index (χ3v) is 6.01. The number of rotatable bonds is 6. The van der Waals surface area contributed by atoms with E-state index in [1.165, 1.54) is 0 Å². The second-order valence-electron chi connectivity index (χ2n) is 6.28. The number of halogens is 3. The molecule has 0 fully saturated rings. The Bertz CT molecular complexity index is 1140. The number of aromatic carboxylic acids is 1. The van der Waals surface area contributed by atoms with Gasteiger partial charge in [-0.05, 0) is 104 Å². The van der Waals surface area contributed by atoms with Crippen molar-refractivity contribution in [3.63, 3.8) is 0 Å². The first-order valence-electron chi connectivity index (χ1n) is 8.69. The molecule has 0 saturated carbocycles. The summed E-state index contributed by atoms with van der Waals surface area (Å²) in [4.78, 5) is 11.0. The maximum absolute atomic E-state index is 11.0. The van der Waals surface area contributed by atoms with E-state index in [4.69, 9.17) is 21.4 Å². The largest absolute Gasteiger partial charge is 0.487 e. The van der Waals surface area contributed by atoms with Gasteiger partial charge in [-0.3, -0.25) is 0 Å². The van der Waals surface area contributed by atoms with Gasteiger partial charge in [0.25, 0.3) is 0 Å². The number of ether oxygens (including phenoxy) is 1. The van der Waals surface area contributed by atoms with Crippen LogP contribution in [0.4, 0.5) is 0 Å². The first-order valence-corrected chi connectivity index (χ1v) is 11.2. The second-order valence-corrected chi connectivity index (χ2v) is 9.05. The van der Waals surface area contributed by atoms with Crippen LogP contribution in [0.1, 0.15) is 27.0 Å². The zero-order chi connectivity index (χ0) is 21.7. The van der Waals surface area contributed by atoms with E-state index in [1.54, 1.807) is 36.4 Å². The maximum Gasteiger partial charge on any atom is 0.335 e. The van der Waals surface area contributed by atoms with Gasteiger partial charge in [-0.25, -0.2) is 4.79 Å². The van der Waals surface area contributed by atoms with Crippen molar-refractivity contribution < 1.29 is 14.6 Å². The first-order chi connectivity index (χ1) is 14.4. The van der Waals surface area contributed by atoms with Crippen molar-refractivity contribution in [2.75, 3.05) is 0 Å². The van der Waals surface area contributed by atoms with Gasteiger partial charge in [0.05, 0.1) is 24.3 Å². The number of hydrogen-bond acceptors (Lipinski definition) is 3. The number of carboxylic acid groups (broad SMARTS) is 1. The van der Waals surface area contributed by atoms with Crippen LogP contribution in [0.2, 0.25) is 5.02 Å². The predicted octanol–water partition coefficient (Wildman–Crippen LogP) is 6.89. The van der Waals surface area contributed by atoms with Crippen LogP contribution < -0.4 is 4.74 Å². The molecule has 0 radical (unpaired) electrons. The first kappa shape index (κ1) is 22.6. The van der Waals surface area contributed by atoms with E-state index >= 15 is 0 Å². The Kier molecular flexibility index (Phi) is 7.75. The number of carboxylic acids is 1. The summed E-state index contributed by atoms with van der Waals surface area (Å²) < 4.78 is 7.80. The molecule has 3 rings (SSSR count). The number of allylic oxidation sites excluding steroid dienone is 1. The van der Waals surface area contributed by atoms with Crippen LogP contribution in [0.5, 0.6) is 5.75 Å². The Morgan fingerprint density at radius 1 is 1.07 bits per heavy atom. The molecule has 0 spiro atoms. The Balaban J connectivity index is 1.81. The molecule has 0 aliphatic heterocycles. The summed E-state index contributed by atoms with van der Waals surface area (Å²) in [7, 11) is 0. The fraction of sp³-hybridized carbons (Fsp3) is 0.0435. The molecule has 4 nitrogen and oxygen atoms in total. The molecular formula is C23H14ClI2NO3. The van der Waals surface area contributed by atoms with Gasteiger partial charge >= 0.3 is 5.97 Å². The zero-order valence-corrected chi connectivity index (χ0v) is 20.5. The van der Waals surface area contributed by atoms with E-state index in [1.807, 2.05) is 30.3 Å². The minimum atomic E-state index is -0.954. The lowest BCUT2D eigenvalue weighted by molar-refractivity contribution is 0.0697. The highest BCUT2D eigenvalue weighted by molar-refractivity contribution is 14.1. The van der Waals surface area contributed by atoms with Gasteiger partial charge in [-0.1, -0.05) is 35.9 Å². The molecule has 150 valence electrons. The summed E-state index contributed by atoms with van der Waals surface area (Å²) in [6, 6.07) is 19.9. The Labute approximate surface area is 206 Å². The van der Waals surface area contributed by atoms with Gasteiger partial charge in [0, 0.05) is 5.02 Å². The van der Waals surface area contributed by atoms with Gasteiger partial charge in [-0.15, -0.1) is 0 Å². The SMILES string of the molecule is N#C/C(=C/c1cc(I)c(OCc2ccc(C(=O)O)cc2)c(I)c1)c1cccc(Cl)c1. The molecular weight excluding hydrogens is 628 g/mol. The van der Waals surface area contributed by atoms with Crippen LogP contribution >= 0.6 is 56.8 Å². The number of hydrogen-bond donors (Lipinski definition) is 1. The lowest BCUT2D eigenvalue weighted by Gasteiger charge is -2.12. The molecule has 0 aliphatic rings. The Morgan fingerprint density at radius 2 is 1.73 bits per heavy atom. The third-order valence-electron chi connectivity index (χ3n) is 4.17. The standard InChI is InChI=1S/C23H14ClI2NO3/c24-19-3-1-2-17(11-19)18(12-27)8-15-9-20(25)22(21(26)10-15)30-13-14-4-6-16(7-5-14)23(28)29/h1-11H,13H2,(H,28,29)/b18-8-. The molecule has 0 unspecified atom stereocenters. The summed E-state index contributed by atoms with van der Waals surface area (Å²) in [5, 5.41) is 19.1. The van der Waals surface area contributed by atoms with E-state index in [2.05, 4.69) is 51.3 Å². The number of nitrogens with zero attached hydrogens (tertiary/aromatic N) is 1. The van der Waals surface area contributed by atoms with Crippen LogP contribution in [0, 0.1) is 18.5 Å². The minimum absolute atomic E-state index is 0.243. The van der Waals surface area contributed by atoms with Crippen molar-refractivity contribution in [3.8, 4) is 11.8 Å². The highest BCUT2D eigenvalue weighted by atomic mass is 127. The molecule has 30 heavy (non-hydrogen) atoms. The summed E-state index contributed by atoms with van der Waals surface area (Å²) >= 11 is 10.5. The van der Waals surface area contributed by atoms with Crippen LogP contribution in [-0.2, 0) is 6.61 Å². The maximum atomic E-state index is 11.0. The number of nitriles is 1. The molecule has 1 N–H and O–H groups in total. The molecule has 0 heterocycles. The van der Waals surface area contributed by atoms with Crippen molar-refractivity contribution in [2.45, 2.75) is 6.61 Å². The lowest BCUT2D eigenvalue weighted by Crippen LogP contribution is -2.01.